The third kappa shape index (κ3) is 2.31. The number of halogens is 3. The van der Waals surface area contributed by atoms with Gasteiger partial charge in [-0.2, -0.15) is 0 Å². The van der Waals surface area contributed by atoms with Gasteiger partial charge in [-0.05, 0) is 34.1 Å². The minimum absolute atomic E-state index is 0.292. The van der Waals surface area contributed by atoms with Gasteiger partial charge in [-0.25, -0.2) is 9.37 Å². The van der Waals surface area contributed by atoms with Crippen molar-refractivity contribution in [2.24, 2.45) is 0 Å². The number of aromatic amines is 1. The van der Waals surface area contributed by atoms with E-state index in [2.05, 4.69) is 25.9 Å². The molecule has 0 saturated carbocycles. The number of hydrogen-bond donors (Lipinski definition) is 1. The number of nitrogens with zero attached hydrogens (tertiary/aromatic N) is 1. The van der Waals surface area contributed by atoms with Gasteiger partial charge in [-0.15, -0.1) is 0 Å². The predicted molar refractivity (Wildman–Crippen MR) is 67.5 cm³/mol. The quantitative estimate of drug-likeness (QED) is 0.791. The van der Waals surface area contributed by atoms with Crippen molar-refractivity contribution in [3.05, 3.63) is 44.3 Å². The maximum absolute atomic E-state index is 12.9. The summed E-state index contributed by atoms with van der Waals surface area (Å²) in [6, 6.07) is 4.11. The lowest BCUT2D eigenvalue weighted by Crippen LogP contribution is -1.91. The van der Waals surface area contributed by atoms with E-state index in [1.165, 1.54) is 12.1 Å². The van der Waals surface area contributed by atoms with E-state index in [0.717, 1.165) is 0 Å². The fraction of sp³-hybridized carbons (Fsp3) is 0. The summed E-state index contributed by atoms with van der Waals surface area (Å²) in [5.74, 6) is 0.127. The van der Waals surface area contributed by atoms with Crippen LogP contribution in [0.3, 0.4) is 0 Å². The van der Waals surface area contributed by atoms with Crippen molar-refractivity contribution in [2.45, 2.75) is 0 Å². The van der Waals surface area contributed by atoms with Gasteiger partial charge in [-0.1, -0.05) is 23.8 Å². The van der Waals surface area contributed by atoms with Gasteiger partial charge in [0.05, 0.1) is 9.50 Å². The molecule has 0 aliphatic carbocycles. The third-order valence-corrected chi connectivity index (χ3v) is 3.44. The van der Waals surface area contributed by atoms with Crippen LogP contribution in [-0.2, 0) is 0 Å². The molecule has 0 bridgehead atoms. The van der Waals surface area contributed by atoms with Crippen LogP contribution >= 0.6 is 39.7 Å². The number of H-pyrrole nitrogens is 1. The first-order chi connectivity index (χ1) is 7.58. The van der Waals surface area contributed by atoms with Gasteiger partial charge in [-0.3, -0.25) is 0 Å². The number of rotatable bonds is 1. The first kappa shape index (κ1) is 11.7. The Morgan fingerprint density at radius 3 is 2.81 bits per heavy atom. The Morgan fingerprint density at radius 1 is 1.44 bits per heavy atom. The van der Waals surface area contributed by atoms with E-state index >= 15 is 0 Å². The van der Waals surface area contributed by atoms with Gasteiger partial charge in [0.25, 0.3) is 0 Å². The molecule has 0 saturated heterocycles. The van der Waals surface area contributed by atoms with E-state index in [0.29, 0.717) is 25.5 Å². The molecule has 0 radical (unpaired) electrons. The maximum atomic E-state index is 12.9. The summed E-state index contributed by atoms with van der Waals surface area (Å²) < 4.78 is 14.1. The van der Waals surface area contributed by atoms with Crippen molar-refractivity contribution in [1.29, 1.82) is 0 Å². The first-order valence-corrected chi connectivity index (χ1v) is 5.86. The molecule has 0 unspecified atom stereocenters. The van der Waals surface area contributed by atoms with E-state index in [-0.39, 0.29) is 5.82 Å². The molecule has 0 amide bonds. The van der Waals surface area contributed by atoms with Crippen LogP contribution in [-0.4, -0.2) is 9.97 Å². The zero-order valence-electron chi connectivity index (χ0n) is 7.80. The second-order valence-electron chi connectivity index (χ2n) is 3.03. The van der Waals surface area contributed by atoms with E-state index in [9.17, 15) is 4.39 Å². The molecule has 2 nitrogen and oxygen atoms in total. The molecule has 1 aromatic carbocycles. The summed E-state index contributed by atoms with van der Waals surface area (Å²) in [6.45, 7) is 0. The standard InChI is InChI=1S/C10H5BrClFN2S/c11-7-4-14-9(15-10(7)16)6-2-1-5(13)3-8(6)12/h1-4H,(H,14,15,16). The van der Waals surface area contributed by atoms with Crippen LogP contribution in [0.4, 0.5) is 4.39 Å². The van der Waals surface area contributed by atoms with Crippen LogP contribution in [0.15, 0.2) is 28.9 Å². The zero-order chi connectivity index (χ0) is 11.7. The molecule has 6 heteroatoms. The number of aromatic nitrogens is 2. The molecule has 16 heavy (non-hydrogen) atoms. The largest absolute Gasteiger partial charge is 0.330 e. The Hall–Kier alpha value is -0.780. The molecule has 1 heterocycles. The third-order valence-electron chi connectivity index (χ3n) is 1.94. The molecule has 0 spiro atoms. The lowest BCUT2D eigenvalue weighted by Gasteiger charge is -2.04. The molecule has 1 aromatic heterocycles. The summed E-state index contributed by atoms with van der Waals surface area (Å²) in [4.78, 5) is 7.03. The average Bonchev–Trinajstić information content (AvgIpc) is 2.22. The summed E-state index contributed by atoms with van der Waals surface area (Å²) >= 11 is 14.2. The molecule has 0 aliphatic heterocycles. The molecule has 0 aliphatic rings. The number of nitrogens with one attached hydrogen (secondary N) is 1. The van der Waals surface area contributed by atoms with Crippen LogP contribution in [0.2, 0.25) is 5.02 Å². The van der Waals surface area contributed by atoms with Crippen molar-refractivity contribution in [1.82, 2.24) is 9.97 Å². The number of benzene rings is 1. The molecule has 0 atom stereocenters. The molecule has 1 N–H and O–H groups in total. The highest BCUT2D eigenvalue weighted by Gasteiger charge is 2.07. The summed E-state index contributed by atoms with van der Waals surface area (Å²) in [7, 11) is 0. The Bertz CT molecular complexity index is 600. The van der Waals surface area contributed by atoms with E-state index < -0.39 is 0 Å². The van der Waals surface area contributed by atoms with Gasteiger partial charge in [0.15, 0.2) is 0 Å². The molecular weight excluding hydrogens is 315 g/mol. The van der Waals surface area contributed by atoms with Crippen molar-refractivity contribution in [3.8, 4) is 11.4 Å². The minimum atomic E-state index is -0.385. The average molecular weight is 320 g/mol. The van der Waals surface area contributed by atoms with Crippen LogP contribution in [0.5, 0.6) is 0 Å². The molecule has 0 fully saturated rings. The summed E-state index contributed by atoms with van der Waals surface area (Å²) in [5.41, 5.74) is 0.613. The van der Waals surface area contributed by atoms with Gasteiger partial charge in [0.1, 0.15) is 16.3 Å². The fourth-order valence-electron chi connectivity index (χ4n) is 1.20. The fourth-order valence-corrected chi connectivity index (χ4v) is 1.81. The zero-order valence-corrected chi connectivity index (χ0v) is 11.0. The Balaban J connectivity index is 2.59. The highest BCUT2D eigenvalue weighted by molar-refractivity contribution is 9.10. The second-order valence-corrected chi connectivity index (χ2v) is 4.70. The first-order valence-electron chi connectivity index (χ1n) is 4.28. The van der Waals surface area contributed by atoms with Gasteiger partial charge < -0.3 is 4.98 Å². The van der Waals surface area contributed by atoms with E-state index in [1.807, 2.05) is 0 Å². The van der Waals surface area contributed by atoms with Crippen LogP contribution in [0.1, 0.15) is 0 Å². The molecule has 2 rings (SSSR count). The number of hydrogen-bond acceptors (Lipinski definition) is 2. The van der Waals surface area contributed by atoms with Crippen LogP contribution in [0, 0.1) is 10.5 Å². The highest BCUT2D eigenvalue weighted by atomic mass is 79.9. The van der Waals surface area contributed by atoms with Crippen molar-refractivity contribution < 1.29 is 4.39 Å². The highest BCUT2D eigenvalue weighted by Crippen LogP contribution is 2.26. The van der Waals surface area contributed by atoms with Crippen molar-refractivity contribution in [2.75, 3.05) is 0 Å². The van der Waals surface area contributed by atoms with Crippen molar-refractivity contribution in [3.63, 3.8) is 0 Å². The summed E-state index contributed by atoms with van der Waals surface area (Å²) in [6.07, 6.45) is 1.58. The molecule has 2 aromatic rings. The topological polar surface area (TPSA) is 28.7 Å². The lowest BCUT2D eigenvalue weighted by atomic mass is 10.2. The van der Waals surface area contributed by atoms with Gasteiger partial charge >= 0.3 is 0 Å². The smallest absolute Gasteiger partial charge is 0.139 e. The second kappa shape index (κ2) is 4.61. The van der Waals surface area contributed by atoms with Gasteiger partial charge in [0.2, 0.25) is 0 Å². The molecule has 82 valence electrons. The Morgan fingerprint density at radius 2 is 2.19 bits per heavy atom. The van der Waals surface area contributed by atoms with Crippen LogP contribution in [0.25, 0.3) is 11.4 Å². The van der Waals surface area contributed by atoms with Gasteiger partial charge in [0, 0.05) is 11.8 Å². The predicted octanol–water partition coefficient (Wildman–Crippen LogP) is 4.36. The summed E-state index contributed by atoms with van der Waals surface area (Å²) in [5, 5.41) is 0.292. The molecular formula is C10H5BrClFN2S. The van der Waals surface area contributed by atoms with Crippen LogP contribution < -0.4 is 0 Å². The monoisotopic (exact) mass is 318 g/mol. The minimum Gasteiger partial charge on any atom is -0.330 e. The lowest BCUT2D eigenvalue weighted by molar-refractivity contribution is 0.628. The Labute approximate surface area is 110 Å². The Kier molecular flexibility index (Phi) is 3.37. The van der Waals surface area contributed by atoms with E-state index in [1.54, 1.807) is 12.3 Å². The van der Waals surface area contributed by atoms with Crippen molar-refractivity contribution >= 4 is 39.7 Å². The maximum Gasteiger partial charge on any atom is 0.139 e. The van der Waals surface area contributed by atoms with E-state index in [4.69, 9.17) is 23.8 Å². The normalized spacial score (nSPS) is 10.4. The SMILES string of the molecule is Fc1ccc(-c2ncc(Br)c(=S)[nH]2)c(Cl)c1.